The number of hydrogen-bond acceptors (Lipinski definition) is 3. The lowest BCUT2D eigenvalue weighted by atomic mass is 10.2. The zero-order chi connectivity index (χ0) is 9.90. The van der Waals surface area contributed by atoms with Crippen molar-refractivity contribution >= 4 is 10.1 Å². The zero-order valence-electron chi connectivity index (χ0n) is 6.58. The highest BCUT2D eigenvalue weighted by Gasteiger charge is 2.17. The van der Waals surface area contributed by atoms with E-state index in [0.717, 1.165) is 0 Å². The standard InChI is InChI=1S/C7H6N2O3S/c8-9-5-6-3-1-2-4-7(6)13(10,11)12/h1-4H,5H2/p+1. The molecule has 5 nitrogen and oxygen atoms in total. The molecule has 0 atom stereocenters. The van der Waals surface area contributed by atoms with E-state index in [2.05, 4.69) is 4.98 Å². The Morgan fingerprint density at radius 3 is 2.54 bits per heavy atom. The normalized spacial score (nSPS) is 10.8. The van der Waals surface area contributed by atoms with Crippen LogP contribution in [-0.2, 0) is 16.7 Å². The van der Waals surface area contributed by atoms with Crippen molar-refractivity contribution in [1.82, 2.24) is 0 Å². The summed E-state index contributed by atoms with van der Waals surface area (Å²) in [7, 11) is -4.23. The summed E-state index contributed by atoms with van der Waals surface area (Å²) >= 11 is 0. The molecule has 13 heavy (non-hydrogen) atoms. The molecule has 0 unspecified atom stereocenters. The van der Waals surface area contributed by atoms with Crippen LogP contribution >= 0.6 is 0 Å². The molecule has 1 aromatic carbocycles. The molecule has 1 N–H and O–H groups in total. The quantitative estimate of drug-likeness (QED) is 0.574. The molecule has 0 saturated heterocycles. The molecule has 0 spiro atoms. The van der Waals surface area contributed by atoms with Crippen LogP contribution in [0.5, 0.6) is 0 Å². The SMILES string of the molecule is N#[N+]Cc1ccccc1S(=O)(=O)O. The van der Waals surface area contributed by atoms with Gasteiger partial charge in [0.15, 0.2) is 0 Å². The van der Waals surface area contributed by atoms with Crippen molar-refractivity contribution in [3.05, 3.63) is 34.8 Å². The molecule has 1 aromatic rings. The Morgan fingerprint density at radius 2 is 2.00 bits per heavy atom. The van der Waals surface area contributed by atoms with Gasteiger partial charge in [0.1, 0.15) is 9.87 Å². The largest absolute Gasteiger partial charge is 0.332 e. The molecule has 0 aliphatic rings. The van der Waals surface area contributed by atoms with Crippen molar-refractivity contribution in [3.8, 4) is 0 Å². The Kier molecular flexibility index (Phi) is 2.60. The van der Waals surface area contributed by atoms with Gasteiger partial charge in [-0.1, -0.05) is 12.1 Å². The second kappa shape index (κ2) is 3.51. The van der Waals surface area contributed by atoms with Gasteiger partial charge in [0, 0.05) is 0 Å². The molecule has 0 aliphatic carbocycles. The molecule has 6 heteroatoms. The number of hydrogen-bond donors (Lipinski definition) is 1. The molecule has 0 aliphatic heterocycles. The lowest BCUT2D eigenvalue weighted by Gasteiger charge is -1.97. The summed E-state index contributed by atoms with van der Waals surface area (Å²) in [6.45, 7) is -0.157. The molecule has 0 radical (unpaired) electrons. The molecule has 0 bridgehead atoms. The van der Waals surface area contributed by atoms with E-state index in [-0.39, 0.29) is 17.0 Å². The highest BCUT2D eigenvalue weighted by Crippen LogP contribution is 2.15. The Balaban J connectivity index is 3.30. The number of nitrogens with zero attached hydrogens (tertiary/aromatic N) is 2. The van der Waals surface area contributed by atoms with Gasteiger partial charge in [-0.05, 0) is 12.1 Å². The lowest BCUT2D eigenvalue weighted by molar-refractivity contribution is 0.482. The topological polar surface area (TPSA) is 82.5 Å². The number of diazo groups is 1. The van der Waals surface area contributed by atoms with Gasteiger partial charge in [0.05, 0.1) is 5.56 Å². The van der Waals surface area contributed by atoms with Gasteiger partial charge in [0.25, 0.3) is 10.1 Å². The Hall–Kier alpha value is -1.45. The van der Waals surface area contributed by atoms with Crippen LogP contribution in [0, 0.1) is 5.39 Å². The first-order valence-corrected chi connectivity index (χ1v) is 4.86. The summed E-state index contributed by atoms with van der Waals surface area (Å²) in [6, 6.07) is 5.78. The Morgan fingerprint density at radius 1 is 1.38 bits per heavy atom. The van der Waals surface area contributed by atoms with E-state index in [1.165, 1.54) is 18.2 Å². The summed E-state index contributed by atoms with van der Waals surface area (Å²) in [5.41, 5.74) is 0.257. The van der Waals surface area contributed by atoms with Crippen molar-refractivity contribution in [3.63, 3.8) is 0 Å². The van der Waals surface area contributed by atoms with Crippen molar-refractivity contribution in [1.29, 1.82) is 5.39 Å². The monoisotopic (exact) mass is 199 g/mol. The van der Waals surface area contributed by atoms with Crippen molar-refractivity contribution in [2.75, 3.05) is 0 Å². The summed E-state index contributed by atoms with van der Waals surface area (Å²) in [4.78, 5) is 2.58. The minimum atomic E-state index is -4.23. The first kappa shape index (κ1) is 9.64. The van der Waals surface area contributed by atoms with Crippen molar-refractivity contribution in [2.45, 2.75) is 11.4 Å². The Bertz CT molecular complexity index is 447. The van der Waals surface area contributed by atoms with Crippen LogP contribution in [0.1, 0.15) is 5.56 Å². The summed E-state index contributed by atoms with van der Waals surface area (Å²) in [5.74, 6) is 0. The molecule has 0 aromatic heterocycles. The molecular formula is C7H7N2O3S+. The van der Waals surface area contributed by atoms with Gasteiger partial charge in [0.2, 0.25) is 5.39 Å². The third kappa shape index (κ3) is 2.24. The predicted octanol–water partition coefficient (Wildman–Crippen LogP) is 1.29. The highest BCUT2D eigenvalue weighted by molar-refractivity contribution is 7.85. The van der Waals surface area contributed by atoms with Crippen molar-refractivity contribution in [2.24, 2.45) is 0 Å². The molecule has 1 rings (SSSR count). The summed E-state index contributed by atoms with van der Waals surface area (Å²) in [5, 5.41) is 8.26. The Labute approximate surface area is 75.4 Å². The summed E-state index contributed by atoms with van der Waals surface area (Å²) in [6.07, 6.45) is 0. The van der Waals surface area contributed by atoms with E-state index in [1.54, 1.807) is 6.07 Å². The van der Waals surface area contributed by atoms with Gasteiger partial charge < -0.3 is 0 Å². The van der Waals surface area contributed by atoms with Gasteiger partial charge in [-0.3, -0.25) is 4.55 Å². The maximum atomic E-state index is 10.8. The van der Waals surface area contributed by atoms with Gasteiger partial charge in [-0.25, -0.2) is 0 Å². The van der Waals surface area contributed by atoms with Crippen LogP contribution in [0.3, 0.4) is 0 Å². The van der Waals surface area contributed by atoms with Crippen LogP contribution in [-0.4, -0.2) is 13.0 Å². The van der Waals surface area contributed by atoms with Crippen LogP contribution in [0.2, 0.25) is 0 Å². The molecule has 0 amide bonds. The van der Waals surface area contributed by atoms with Gasteiger partial charge in [-0.15, -0.1) is 0 Å². The number of benzene rings is 1. The van der Waals surface area contributed by atoms with E-state index in [9.17, 15) is 8.42 Å². The third-order valence-electron chi connectivity index (χ3n) is 1.49. The first-order chi connectivity index (χ1) is 6.05. The fourth-order valence-corrected chi connectivity index (χ4v) is 1.68. The number of rotatable bonds is 2. The second-order valence-electron chi connectivity index (χ2n) is 2.38. The smallest absolute Gasteiger partial charge is 0.282 e. The lowest BCUT2D eigenvalue weighted by Crippen LogP contribution is -2.01. The maximum Gasteiger partial charge on any atom is 0.332 e. The molecule has 0 saturated carbocycles. The van der Waals surface area contributed by atoms with E-state index in [4.69, 9.17) is 9.95 Å². The van der Waals surface area contributed by atoms with Crippen LogP contribution in [0.4, 0.5) is 0 Å². The fraction of sp³-hybridized carbons (Fsp3) is 0.143. The van der Waals surface area contributed by atoms with Gasteiger partial charge in [-0.2, -0.15) is 8.42 Å². The first-order valence-electron chi connectivity index (χ1n) is 3.42. The molecular weight excluding hydrogens is 192 g/mol. The zero-order valence-corrected chi connectivity index (χ0v) is 7.40. The average molecular weight is 199 g/mol. The highest BCUT2D eigenvalue weighted by atomic mass is 32.2. The fourth-order valence-electron chi connectivity index (χ4n) is 0.962. The predicted molar refractivity (Wildman–Crippen MR) is 45.0 cm³/mol. The van der Waals surface area contributed by atoms with Crippen LogP contribution in [0.25, 0.3) is 4.98 Å². The average Bonchev–Trinajstić information content (AvgIpc) is 2.04. The van der Waals surface area contributed by atoms with Crippen LogP contribution in [0.15, 0.2) is 29.2 Å². The van der Waals surface area contributed by atoms with E-state index >= 15 is 0 Å². The van der Waals surface area contributed by atoms with Gasteiger partial charge >= 0.3 is 6.54 Å². The van der Waals surface area contributed by atoms with E-state index < -0.39 is 10.1 Å². The van der Waals surface area contributed by atoms with Crippen LogP contribution < -0.4 is 0 Å². The molecule has 0 fully saturated rings. The molecule has 0 heterocycles. The minimum absolute atomic E-state index is 0.157. The molecule has 68 valence electrons. The minimum Gasteiger partial charge on any atom is -0.282 e. The van der Waals surface area contributed by atoms with E-state index in [0.29, 0.717) is 0 Å². The van der Waals surface area contributed by atoms with Crippen molar-refractivity contribution < 1.29 is 13.0 Å². The second-order valence-corrected chi connectivity index (χ2v) is 3.77. The third-order valence-corrected chi connectivity index (χ3v) is 2.45. The summed E-state index contributed by atoms with van der Waals surface area (Å²) < 4.78 is 30.3. The maximum absolute atomic E-state index is 10.8. The van der Waals surface area contributed by atoms with E-state index in [1.807, 2.05) is 0 Å².